The maximum atomic E-state index is 13.3. The highest BCUT2D eigenvalue weighted by Gasteiger charge is 2.36. The molecule has 1 saturated carbocycles. The minimum Gasteiger partial charge on any atom is -0.289 e. The van der Waals surface area contributed by atoms with Gasteiger partial charge in [-0.15, -0.1) is 0 Å². The van der Waals surface area contributed by atoms with Crippen LogP contribution < -0.4 is 0 Å². The number of hydrogen-bond donors (Lipinski definition) is 0. The van der Waals surface area contributed by atoms with Gasteiger partial charge in [0.1, 0.15) is 0 Å². The minimum atomic E-state index is 0.0897. The summed E-state index contributed by atoms with van der Waals surface area (Å²) < 4.78 is 0. The Hall–Kier alpha value is -3.43. The van der Waals surface area contributed by atoms with Crippen LogP contribution in [0.4, 0.5) is 0 Å². The number of nitriles is 2. The smallest absolute Gasteiger partial charge is 0.185 e. The van der Waals surface area contributed by atoms with E-state index in [9.17, 15) is 4.79 Å². The zero-order valence-electron chi connectivity index (χ0n) is 17.8. The first-order valence-corrected chi connectivity index (χ1v) is 10.3. The summed E-state index contributed by atoms with van der Waals surface area (Å²) in [6.45, 7) is 6.74. The Labute approximate surface area is 179 Å². The molecule has 0 unspecified atom stereocenters. The van der Waals surface area contributed by atoms with E-state index in [2.05, 4.69) is 32.9 Å². The van der Waals surface area contributed by atoms with Crippen molar-refractivity contribution in [2.24, 2.45) is 11.3 Å². The number of carbonyl (C=O) groups is 1. The second-order valence-corrected chi connectivity index (χ2v) is 8.58. The molecule has 2 aromatic rings. The van der Waals surface area contributed by atoms with Crippen LogP contribution in [0.15, 0.2) is 59.7 Å². The van der Waals surface area contributed by atoms with Crippen LogP contribution in [0.2, 0.25) is 0 Å². The summed E-state index contributed by atoms with van der Waals surface area (Å²) in [6.07, 6.45) is 6.48. The Morgan fingerprint density at radius 3 is 1.60 bits per heavy atom. The predicted octanol–water partition coefficient (Wildman–Crippen LogP) is 6.31. The molecule has 3 nitrogen and oxygen atoms in total. The number of allylic oxidation sites excluding steroid dienone is 2. The second kappa shape index (κ2) is 8.93. The molecule has 0 aliphatic heterocycles. The van der Waals surface area contributed by atoms with Gasteiger partial charge in [0, 0.05) is 11.1 Å². The molecule has 0 amide bonds. The topological polar surface area (TPSA) is 64.7 Å². The average molecular weight is 395 g/mol. The van der Waals surface area contributed by atoms with Crippen molar-refractivity contribution in [1.82, 2.24) is 0 Å². The number of ketones is 1. The molecule has 150 valence electrons. The van der Waals surface area contributed by atoms with Crippen molar-refractivity contribution in [3.05, 3.63) is 81.9 Å². The van der Waals surface area contributed by atoms with E-state index < -0.39 is 0 Å². The van der Waals surface area contributed by atoms with Gasteiger partial charge < -0.3 is 0 Å². The molecule has 3 rings (SSSR count). The summed E-state index contributed by atoms with van der Waals surface area (Å²) in [5.41, 5.74) is 4.84. The van der Waals surface area contributed by atoms with E-state index in [1.807, 2.05) is 36.4 Å². The van der Waals surface area contributed by atoms with Crippen molar-refractivity contribution in [2.45, 2.75) is 40.0 Å². The Morgan fingerprint density at radius 1 is 0.867 bits per heavy atom. The summed E-state index contributed by atoms with van der Waals surface area (Å²) in [7, 11) is 0. The number of Topliss-reactive ketones (excluding diaryl/α,β-unsaturated/α-hetero) is 1. The van der Waals surface area contributed by atoms with E-state index in [1.54, 1.807) is 24.3 Å². The van der Waals surface area contributed by atoms with Gasteiger partial charge in [-0.2, -0.15) is 10.5 Å². The minimum absolute atomic E-state index is 0.0897. The van der Waals surface area contributed by atoms with Crippen LogP contribution >= 0.6 is 0 Å². The molecule has 0 aromatic heterocycles. The van der Waals surface area contributed by atoms with Crippen LogP contribution in [-0.2, 0) is 4.79 Å². The Bertz CT molecular complexity index is 992. The monoisotopic (exact) mass is 394 g/mol. The number of benzene rings is 2. The third-order valence-corrected chi connectivity index (χ3v) is 6.29. The molecular weight excluding hydrogens is 368 g/mol. The number of nitrogens with zero attached hydrogens (tertiary/aromatic N) is 2. The van der Waals surface area contributed by atoms with Crippen molar-refractivity contribution in [3.8, 4) is 12.1 Å². The zero-order valence-corrected chi connectivity index (χ0v) is 17.8. The normalized spacial score (nSPS) is 19.5. The summed E-state index contributed by atoms with van der Waals surface area (Å²) in [5, 5.41) is 18.0. The van der Waals surface area contributed by atoms with Crippen molar-refractivity contribution in [2.75, 3.05) is 0 Å². The molecule has 0 spiro atoms. The first-order valence-electron chi connectivity index (χ1n) is 10.3. The molecule has 1 aliphatic carbocycles. The second-order valence-electron chi connectivity index (χ2n) is 8.58. The molecule has 30 heavy (non-hydrogen) atoms. The molecule has 0 bridgehead atoms. The number of rotatable bonds is 4. The fourth-order valence-corrected chi connectivity index (χ4v) is 3.80. The van der Waals surface area contributed by atoms with Crippen molar-refractivity contribution in [3.63, 3.8) is 0 Å². The van der Waals surface area contributed by atoms with Gasteiger partial charge in [0.05, 0.1) is 23.3 Å². The van der Waals surface area contributed by atoms with Gasteiger partial charge in [-0.1, -0.05) is 51.5 Å². The highest BCUT2D eigenvalue weighted by molar-refractivity contribution is 6.14. The van der Waals surface area contributed by atoms with Gasteiger partial charge in [-0.25, -0.2) is 0 Å². The van der Waals surface area contributed by atoms with E-state index in [0.717, 1.165) is 41.5 Å². The van der Waals surface area contributed by atoms with Crippen LogP contribution in [0, 0.1) is 34.0 Å². The molecule has 0 heterocycles. The maximum Gasteiger partial charge on any atom is 0.185 e. The van der Waals surface area contributed by atoms with Crippen LogP contribution in [0.5, 0.6) is 0 Å². The number of carbonyl (C=O) groups excluding carboxylic acids is 1. The Kier molecular flexibility index (Phi) is 6.34. The summed E-state index contributed by atoms with van der Waals surface area (Å²) in [6, 6.07) is 18.9. The average Bonchev–Trinajstić information content (AvgIpc) is 2.77. The van der Waals surface area contributed by atoms with Gasteiger partial charge in [0.2, 0.25) is 0 Å². The standard InChI is InChI=1S/C27H26N2O/c1-4-27(2,3)25-15-23(13-19-5-9-21(17-28)10-6-19)26(30)24(16-25)14-20-7-11-22(18-29)12-8-20/h5-14,25H,4,15-16H2,1-3H3/b23-13+,24-14+. The van der Waals surface area contributed by atoms with Crippen molar-refractivity contribution >= 4 is 17.9 Å². The fourth-order valence-electron chi connectivity index (χ4n) is 3.80. The SMILES string of the molecule is CCC(C)(C)C1C/C(=C\c2ccc(C#N)cc2)C(=O)/C(=C/c2ccc(C#N)cc2)C1. The molecule has 0 saturated heterocycles. The summed E-state index contributed by atoms with van der Waals surface area (Å²) >= 11 is 0. The molecule has 1 fully saturated rings. The molecule has 0 atom stereocenters. The lowest BCUT2D eigenvalue weighted by Gasteiger charge is -2.37. The predicted molar refractivity (Wildman–Crippen MR) is 120 cm³/mol. The lowest BCUT2D eigenvalue weighted by atomic mass is 9.66. The molecule has 3 heteroatoms. The van der Waals surface area contributed by atoms with Crippen LogP contribution in [0.3, 0.4) is 0 Å². The third kappa shape index (κ3) is 4.76. The van der Waals surface area contributed by atoms with Crippen LogP contribution in [-0.4, -0.2) is 5.78 Å². The van der Waals surface area contributed by atoms with Crippen molar-refractivity contribution in [1.29, 1.82) is 10.5 Å². The summed E-state index contributed by atoms with van der Waals surface area (Å²) in [4.78, 5) is 13.3. The first kappa shape index (κ1) is 21.3. The lowest BCUT2D eigenvalue weighted by Crippen LogP contribution is -2.30. The van der Waals surface area contributed by atoms with Crippen LogP contribution in [0.1, 0.15) is 62.3 Å². The largest absolute Gasteiger partial charge is 0.289 e. The van der Waals surface area contributed by atoms with E-state index in [0.29, 0.717) is 17.0 Å². The third-order valence-electron chi connectivity index (χ3n) is 6.29. The molecule has 0 N–H and O–H groups in total. The number of hydrogen-bond acceptors (Lipinski definition) is 3. The van der Waals surface area contributed by atoms with Gasteiger partial charge in [-0.05, 0) is 71.7 Å². The Morgan fingerprint density at radius 2 is 1.27 bits per heavy atom. The maximum absolute atomic E-state index is 13.3. The highest BCUT2D eigenvalue weighted by atomic mass is 16.1. The molecular formula is C27H26N2O. The van der Waals surface area contributed by atoms with Gasteiger partial charge in [-0.3, -0.25) is 4.79 Å². The van der Waals surface area contributed by atoms with E-state index in [-0.39, 0.29) is 11.2 Å². The zero-order chi connectivity index (χ0) is 21.7. The molecule has 1 aliphatic rings. The summed E-state index contributed by atoms with van der Waals surface area (Å²) in [5.74, 6) is 0.460. The lowest BCUT2D eigenvalue weighted by molar-refractivity contribution is -0.113. The van der Waals surface area contributed by atoms with Gasteiger partial charge in [0.25, 0.3) is 0 Å². The van der Waals surface area contributed by atoms with E-state index in [4.69, 9.17) is 10.5 Å². The first-order chi connectivity index (χ1) is 14.4. The van der Waals surface area contributed by atoms with E-state index >= 15 is 0 Å². The molecule has 2 aromatic carbocycles. The fraction of sp³-hybridized carbons (Fsp3) is 0.296. The van der Waals surface area contributed by atoms with Gasteiger partial charge >= 0.3 is 0 Å². The Balaban J connectivity index is 2.00. The van der Waals surface area contributed by atoms with E-state index in [1.165, 1.54) is 0 Å². The van der Waals surface area contributed by atoms with Gasteiger partial charge in [0.15, 0.2) is 5.78 Å². The van der Waals surface area contributed by atoms with Crippen LogP contribution in [0.25, 0.3) is 12.2 Å². The quantitative estimate of drug-likeness (QED) is 0.571. The highest BCUT2D eigenvalue weighted by Crippen LogP contribution is 2.43. The van der Waals surface area contributed by atoms with Crippen molar-refractivity contribution < 1.29 is 4.79 Å². The molecule has 0 radical (unpaired) electrons.